The number of hydrogen-bond donors (Lipinski definition) is 0. The smallest absolute Gasteiger partial charge is 0.394 e. The van der Waals surface area contributed by atoms with E-state index in [-0.39, 0.29) is 29.6 Å². The second kappa shape index (κ2) is 3.81. The minimum atomic E-state index is 0. The minimum Gasteiger partial charge on any atom is -0.394 e. The molecule has 0 spiro atoms. The van der Waals surface area contributed by atoms with Gasteiger partial charge in [0.05, 0.1) is 0 Å². The van der Waals surface area contributed by atoms with Crippen LogP contribution in [-0.2, 0) is 0 Å². The molecule has 0 aliphatic heterocycles. The van der Waals surface area contributed by atoms with E-state index in [0.717, 1.165) is 0 Å². The third kappa shape index (κ3) is 1.92. The van der Waals surface area contributed by atoms with Crippen LogP contribution in [0.2, 0.25) is 0 Å². The zero-order valence-corrected chi connectivity index (χ0v) is 6.33. The van der Waals surface area contributed by atoms with Gasteiger partial charge in [0, 0.05) is 0 Å². The Kier molecular flexibility index (Phi) is 4.21. The normalized spacial score (nSPS) is 6.67. The fourth-order valence-electron chi connectivity index (χ4n) is 0.152. The van der Waals surface area contributed by atoms with Gasteiger partial charge in [0.15, 0.2) is 0 Å². The Balaban J connectivity index is 0.000000250. The molecule has 0 radical (unpaired) electrons. The van der Waals surface area contributed by atoms with Crippen LogP contribution >= 0.6 is 11.3 Å². The predicted octanol–water partition coefficient (Wildman–Crippen LogP) is -2.05. The number of nitrogens with zero attached hydrogens (tertiary/aromatic N) is 1. The standard InChI is InChI=1S/C3H2NS.Na/c1-2-5-3-4-1;/h1-2H;/q-1;+1. The van der Waals surface area contributed by atoms with Gasteiger partial charge in [-0.25, -0.2) is 0 Å². The van der Waals surface area contributed by atoms with Crippen LogP contribution in [0, 0.1) is 5.51 Å². The van der Waals surface area contributed by atoms with Crippen LogP contribution in [-0.4, -0.2) is 4.98 Å². The number of aromatic nitrogens is 1. The second-order valence-corrected chi connectivity index (χ2v) is 1.31. The Morgan fingerprint density at radius 1 is 1.67 bits per heavy atom. The Labute approximate surface area is 62.7 Å². The van der Waals surface area contributed by atoms with Gasteiger partial charge in [-0.2, -0.15) is 0 Å². The van der Waals surface area contributed by atoms with E-state index in [2.05, 4.69) is 10.5 Å². The van der Waals surface area contributed by atoms with Crippen LogP contribution in [0.5, 0.6) is 0 Å². The van der Waals surface area contributed by atoms with Crippen LogP contribution in [0.4, 0.5) is 0 Å². The van der Waals surface area contributed by atoms with E-state index >= 15 is 0 Å². The number of rotatable bonds is 0. The van der Waals surface area contributed by atoms with E-state index in [0.29, 0.717) is 0 Å². The number of hydrogen-bond acceptors (Lipinski definition) is 2. The Morgan fingerprint density at radius 3 is 2.67 bits per heavy atom. The van der Waals surface area contributed by atoms with E-state index in [9.17, 15) is 0 Å². The molecule has 0 aliphatic carbocycles. The average Bonchev–Trinajstić information content (AvgIpc) is 1.76. The zero-order chi connectivity index (χ0) is 3.54. The van der Waals surface area contributed by atoms with Crippen LogP contribution in [0.3, 0.4) is 0 Å². The van der Waals surface area contributed by atoms with Gasteiger partial charge in [-0.1, -0.05) is 0 Å². The Hall–Kier alpha value is 0.630. The second-order valence-electron chi connectivity index (χ2n) is 0.623. The fourth-order valence-corrected chi connectivity index (χ4v) is 0.456. The van der Waals surface area contributed by atoms with Crippen molar-refractivity contribution in [3.63, 3.8) is 0 Å². The van der Waals surface area contributed by atoms with Crippen molar-refractivity contribution >= 4 is 11.3 Å². The molecule has 1 rings (SSSR count). The molecule has 0 bridgehead atoms. The summed E-state index contributed by atoms with van der Waals surface area (Å²) in [5, 5.41) is 1.88. The first-order valence-electron chi connectivity index (χ1n) is 1.25. The quantitative estimate of drug-likeness (QED) is 0.274. The number of thiazole rings is 1. The molecule has 0 fully saturated rings. The van der Waals surface area contributed by atoms with E-state index < -0.39 is 0 Å². The summed E-state index contributed by atoms with van der Waals surface area (Å²) in [6.45, 7) is 0. The molecule has 0 saturated carbocycles. The molecule has 0 saturated heterocycles. The van der Waals surface area contributed by atoms with Gasteiger partial charge >= 0.3 is 29.6 Å². The van der Waals surface area contributed by atoms with Crippen LogP contribution in [0.25, 0.3) is 0 Å². The Bertz CT molecular complexity index is 67.3. The summed E-state index contributed by atoms with van der Waals surface area (Å²) >= 11 is 1.48. The van der Waals surface area contributed by atoms with Gasteiger partial charge in [0.1, 0.15) is 0 Å². The molecule has 0 unspecified atom stereocenters. The summed E-state index contributed by atoms with van der Waals surface area (Å²) < 4.78 is 0. The summed E-state index contributed by atoms with van der Waals surface area (Å²) in [5.74, 6) is 0. The van der Waals surface area contributed by atoms with Gasteiger partial charge in [-0.15, -0.1) is 11.6 Å². The zero-order valence-electron chi connectivity index (χ0n) is 3.51. The molecule has 6 heavy (non-hydrogen) atoms. The average molecular weight is 107 g/mol. The molecule has 1 aromatic heterocycles. The van der Waals surface area contributed by atoms with Gasteiger partial charge in [0.2, 0.25) is 0 Å². The molecule has 0 amide bonds. The van der Waals surface area contributed by atoms with Crippen molar-refractivity contribution in [2.45, 2.75) is 0 Å². The molecule has 0 N–H and O–H groups in total. The molecule has 3 heteroatoms. The summed E-state index contributed by atoms with van der Waals surface area (Å²) in [7, 11) is 0. The minimum absolute atomic E-state index is 0. The molecule has 1 nitrogen and oxygen atoms in total. The van der Waals surface area contributed by atoms with Gasteiger partial charge in [-0.05, 0) is 5.51 Å². The first kappa shape index (κ1) is 6.63. The Morgan fingerprint density at radius 2 is 2.50 bits per heavy atom. The summed E-state index contributed by atoms with van der Waals surface area (Å²) in [5.41, 5.74) is 2.65. The van der Waals surface area contributed by atoms with Crippen molar-refractivity contribution in [3.8, 4) is 0 Å². The molecule has 0 aromatic carbocycles. The fraction of sp³-hybridized carbons (Fsp3) is 0. The van der Waals surface area contributed by atoms with Gasteiger partial charge in [0.25, 0.3) is 0 Å². The SMILES string of the molecule is [Na+].[c-]1nccs1. The van der Waals surface area contributed by atoms with Crippen LogP contribution in [0.1, 0.15) is 0 Å². The maximum atomic E-state index is 3.62. The third-order valence-electron chi connectivity index (χ3n) is 0.309. The van der Waals surface area contributed by atoms with Crippen LogP contribution < -0.4 is 29.6 Å². The first-order chi connectivity index (χ1) is 2.50. The largest absolute Gasteiger partial charge is 1.00 e. The molecule has 0 atom stereocenters. The van der Waals surface area contributed by atoms with E-state index in [4.69, 9.17) is 0 Å². The molecule has 1 aromatic rings. The topological polar surface area (TPSA) is 12.9 Å². The summed E-state index contributed by atoms with van der Waals surface area (Å²) in [4.78, 5) is 3.62. The van der Waals surface area contributed by atoms with Crippen molar-refractivity contribution in [1.29, 1.82) is 0 Å². The van der Waals surface area contributed by atoms with Crippen molar-refractivity contribution in [3.05, 3.63) is 17.1 Å². The van der Waals surface area contributed by atoms with E-state index in [1.807, 2.05) is 5.38 Å². The predicted molar refractivity (Wildman–Crippen MR) is 20.9 cm³/mol. The monoisotopic (exact) mass is 107 g/mol. The molecular formula is C3H2NNaS. The van der Waals surface area contributed by atoms with Crippen LogP contribution in [0.15, 0.2) is 11.6 Å². The van der Waals surface area contributed by atoms with Gasteiger partial charge in [-0.3, -0.25) is 11.3 Å². The molecule has 1 heterocycles. The van der Waals surface area contributed by atoms with E-state index in [1.54, 1.807) is 6.20 Å². The molecular weight excluding hydrogens is 105 g/mol. The van der Waals surface area contributed by atoms with Crippen molar-refractivity contribution < 1.29 is 29.6 Å². The first-order valence-corrected chi connectivity index (χ1v) is 2.13. The molecule has 26 valence electrons. The maximum absolute atomic E-state index is 3.62. The van der Waals surface area contributed by atoms with Gasteiger partial charge < -0.3 is 4.98 Å². The third-order valence-corrected chi connectivity index (χ3v) is 0.777. The maximum Gasteiger partial charge on any atom is 1.00 e. The van der Waals surface area contributed by atoms with E-state index in [1.165, 1.54) is 11.3 Å². The summed E-state index contributed by atoms with van der Waals surface area (Å²) in [6.07, 6.45) is 1.71. The van der Waals surface area contributed by atoms with Crippen molar-refractivity contribution in [1.82, 2.24) is 4.98 Å². The van der Waals surface area contributed by atoms with Crippen molar-refractivity contribution in [2.75, 3.05) is 0 Å². The molecule has 0 aliphatic rings. The summed E-state index contributed by atoms with van der Waals surface area (Å²) in [6, 6.07) is 0. The van der Waals surface area contributed by atoms with Crippen molar-refractivity contribution in [2.24, 2.45) is 0 Å².